The molecule has 1 heterocycles. The summed E-state index contributed by atoms with van der Waals surface area (Å²) in [5.41, 5.74) is 6.78. The average Bonchev–Trinajstić information content (AvgIpc) is 2.27. The molecule has 17 heavy (non-hydrogen) atoms. The highest BCUT2D eigenvalue weighted by Gasteiger charge is 2.30. The Balaban J connectivity index is 2.67. The first-order valence-corrected chi connectivity index (χ1v) is 5.09. The number of hydrogen-bond acceptors (Lipinski definition) is 2. The highest BCUT2D eigenvalue weighted by molar-refractivity contribution is 5.83. The predicted molar refractivity (Wildman–Crippen MR) is 59.4 cm³/mol. The molecule has 0 bridgehead atoms. The second-order valence-electron chi connectivity index (χ2n) is 3.86. The van der Waals surface area contributed by atoms with Crippen LogP contribution < -0.4 is 5.73 Å². The standard InChI is InChI=1S/C12H11F3N2/c1-7-4-9(6-16)17-11-3-2-8(5-10(7)11)12(13,14)15/h2-5H,6,16H2,1H3. The Morgan fingerprint density at radius 3 is 2.53 bits per heavy atom. The Kier molecular flexibility index (Phi) is 2.79. The fourth-order valence-electron chi connectivity index (χ4n) is 1.74. The lowest BCUT2D eigenvalue weighted by Gasteiger charge is -2.09. The molecule has 1 aromatic heterocycles. The molecular weight excluding hydrogens is 229 g/mol. The number of aromatic nitrogens is 1. The van der Waals surface area contributed by atoms with Crippen LogP contribution in [0.2, 0.25) is 0 Å². The van der Waals surface area contributed by atoms with Crippen LogP contribution in [-0.2, 0) is 12.7 Å². The third-order valence-electron chi connectivity index (χ3n) is 2.61. The monoisotopic (exact) mass is 240 g/mol. The van der Waals surface area contributed by atoms with Gasteiger partial charge in [-0.15, -0.1) is 0 Å². The van der Waals surface area contributed by atoms with Gasteiger partial charge >= 0.3 is 6.18 Å². The summed E-state index contributed by atoms with van der Waals surface area (Å²) >= 11 is 0. The zero-order valence-electron chi connectivity index (χ0n) is 9.17. The van der Waals surface area contributed by atoms with E-state index < -0.39 is 11.7 Å². The van der Waals surface area contributed by atoms with Crippen LogP contribution in [0.3, 0.4) is 0 Å². The number of halogens is 3. The van der Waals surface area contributed by atoms with Crippen molar-refractivity contribution in [3.63, 3.8) is 0 Å². The van der Waals surface area contributed by atoms with Crippen LogP contribution in [0.1, 0.15) is 16.8 Å². The zero-order chi connectivity index (χ0) is 12.6. The first-order valence-electron chi connectivity index (χ1n) is 5.09. The molecule has 0 amide bonds. The summed E-state index contributed by atoms with van der Waals surface area (Å²) in [4.78, 5) is 4.19. The number of alkyl halides is 3. The molecule has 1 aromatic carbocycles. The van der Waals surface area contributed by atoms with Gasteiger partial charge in [0.1, 0.15) is 0 Å². The van der Waals surface area contributed by atoms with Crippen molar-refractivity contribution >= 4 is 10.9 Å². The predicted octanol–water partition coefficient (Wildman–Crippen LogP) is 3.02. The number of fused-ring (bicyclic) bond motifs is 1. The van der Waals surface area contributed by atoms with Gasteiger partial charge in [-0.1, -0.05) is 0 Å². The van der Waals surface area contributed by atoms with Crippen LogP contribution in [0.15, 0.2) is 24.3 Å². The van der Waals surface area contributed by atoms with Crippen molar-refractivity contribution in [2.75, 3.05) is 0 Å². The minimum absolute atomic E-state index is 0.276. The van der Waals surface area contributed by atoms with Gasteiger partial charge < -0.3 is 5.73 Å². The summed E-state index contributed by atoms with van der Waals surface area (Å²) in [6, 6.07) is 5.25. The Hall–Kier alpha value is -1.62. The molecular formula is C12H11F3N2. The van der Waals surface area contributed by atoms with Crippen molar-refractivity contribution in [3.8, 4) is 0 Å². The molecule has 0 aliphatic carbocycles. The third-order valence-corrected chi connectivity index (χ3v) is 2.61. The second kappa shape index (κ2) is 4.00. The smallest absolute Gasteiger partial charge is 0.325 e. The number of benzene rings is 1. The molecule has 0 spiro atoms. The number of aryl methyl sites for hydroxylation is 1. The van der Waals surface area contributed by atoms with E-state index >= 15 is 0 Å². The second-order valence-corrected chi connectivity index (χ2v) is 3.86. The molecule has 0 aliphatic rings. The maximum absolute atomic E-state index is 12.6. The lowest BCUT2D eigenvalue weighted by atomic mass is 10.1. The first-order chi connectivity index (χ1) is 7.91. The van der Waals surface area contributed by atoms with Gasteiger partial charge in [-0.25, -0.2) is 0 Å². The van der Waals surface area contributed by atoms with Gasteiger partial charge in [-0.3, -0.25) is 4.98 Å². The molecule has 0 atom stereocenters. The van der Waals surface area contributed by atoms with Gasteiger partial charge in [0, 0.05) is 11.9 Å². The summed E-state index contributed by atoms with van der Waals surface area (Å²) in [7, 11) is 0. The highest BCUT2D eigenvalue weighted by Crippen LogP contribution is 2.31. The van der Waals surface area contributed by atoms with Crippen LogP contribution in [0.4, 0.5) is 13.2 Å². The molecule has 2 rings (SSSR count). The van der Waals surface area contributed by atoms with E-state index in [9.17, 15) is 13.2 Å². The molecule has 0 fully saturated rings. The lowest BCUT2D eigenvalue weighted by molar-refractivity contribution is -0.137. The number of pyridine rings is 1. The fourth-order valence-corrected chi connectivity index (χ4v) is 1.74. The maximum atomic E-state index is 12.6. The van der Waals surface area contributed by atoms with Crippen LogP contribution in [0.5, 0.6) is 0 Å². The van der Waals surface area contributed by atoms with Crippen LogP contribution in [0, 0.1) is 6.92 Å². The Morgan fingerprint density at radius 1 is 1.24 bits per heavy atom. The van der Waals surface area contributed by atoms with Crippen molar-refractivity contribution in [1.29, 1.82) is 0 Å². The molecule has 2 N–H and O–H groups in total. The molecule has 5 heteroatoms. The number of rotatable bonds is 1. The average molecular weight is 240 g/mol. The van der Waals surface area contributed by atoms with E-state index in [-0.39, 0.29) is 6.54 Å². The van der Waals surface area contributed by atoms with E-state index in [0.29, 0.717) is 16.6 Å². The number of hydrogen-bond donors (Lipinski definition) is 1. The molecule has 0 radical (unpaired) electrons. The largest absolute Gasteiger partial charge is 0.416 e. The summed E-state index contributed by atoms with van der Waals surface area (Å²) in [6.45, 7) is 2.03. The molecule has 0 saturated heterocycles. The Labute approximate surface area is 96.3 Å². The van der Waals surface area contributed by atoms with Crippen molar-refractivity contribution in [2.45, 2.75) is 19.6 Å². The van der Waals surface area contributed by atoms with E-state index in [1.165, 1.54) is 6.07 Å². The van der Waals surface area contributed by atoms with Gasteiger partial charge in [0.2, 0.25) is 0 Å². The van der Waals surface area contributed by atoms with E-state index in [1.54, 1.807) is 13.0 Å². The molecule has 0 saturated carbocycles. The maximum Gasteiger partial charge on any atom is 0.416 e. The summed E-state index contributed by atoms with van der Waals surface area (Å²) in [5, 5.41) is 0.511. The van der Waals surface area contributed by atoms with E-state index in [4.69, 9.17) is 5.73 Å². The molecule has 0 aliphatic heterocycles. The summed E-state index contributed by atoms with van der Waals surface area (Å²) in [5.74, 6) is 0. The summed E-state index contributed by atoms with van der Waals surface area (Å²) in [6.07, 6.45) is -4.33. The Morgan fingerprint density at radius 2 is 1.94 bits per heavy atom. The fraction of sp³-hybridized carbons (Fsp3) is 0.250. The first kappa shape index (κ1) is 11.9. The van der Waals surface area contributed by atoms with Crippen LogP contribution in [-0.4, -0.2) is 4.98 Å². The van der Waals surface area contributed by atoms with Gasteiger partial charge in [0.15, 0.2) is 0 Å². The summed E-state index contributed by atoms with van der Waals surface area (Å²) < 4.78 is 37.7. The normalized spacial score (nSPS) is 12.1. The lowest BCUT2D eigenvalue weighted by Crippen LogP contribution is -2.05. The molecule has 2 nitrogen and oxygen atoms in total. The highest BCUT2D eigenvalue weighted by atomic mass is 19.4. The van der Waals surface area contributed by atoms with Gasteiger partial charge in [-0.2, -0.15) is 13.2 Å². The van der Waals surface area contributed by atoms with Crippen molar-refractivity contribution in [2.24, 2.45) is 5.73 Å². The van der Waals surface area contributed by atoms with Gasteiger partial charge in [0.05, 0.1) is 16.8 Å². The van der Waals surface area contributed by atoms with Crippen molar-refractivity contribution in [3.05, 3.63) is 41.1 Å². The molecule has 2 aromatic rings. The van der Waals surface area contributed by atoms with Crippen molar-refractivity contribution < 1.29 is 13.2 Å². The third kappa shape index (κ3) is 2.24. The van der Waals surface area contributed by atoms with Crippen LogP contribution in [0.25, 0.3) is 10.9 Å². The van der Waals surface area contributed by atoms with E-state index in [2.05, 4.69) is 4.98 Å². The minimum atomic E-state index is -4.33. The quantitative estimate of drug-likeness (QED) is 0.832. The topological polar surface area (TPSA) is 38.9 Å². The number of nitrogens with zero attached hydrogens (tertiary/aromatic N) is 1. The minimum Gasteiger partial charge on any atom is -0.325 e. The van der Waals surface area contributed by atoms with Crippen molar-refractivity contribution in [1.82, 2.24) is 4.98 Å². The van der Waals surface area contributed by atoms with E-state index in [0.717, 1.165) is 17.7 Å². The van der Waals surface area contributed by atoms with Gasteiger partial charge in [0.25, 0.3) is 0 Å². The van der Waals surface area contributed by atoms with Gasteiger partial charge in [-0.05, 0) is 36.8 Å². The zero-order valence-corrected chi connectivity index (χ0v) is 9.17. The number of nitrogens with two attached hydrogens (primary N) is 1. The SMILES string of the molecule is Cc1cc(CN)nc2ccc(C(F)(F)F)cc12. The molecule has 90 valence electrons. The van der Waals surface area contributed by atoms with Crippen LogP contribution >= 0.6 is 0 Å². The molecule has 0 unspecified atom stereocenters. The van der Waals surface area contributed by atoms with E-state index in [1.807, 2.05) is 0 Å². The Bertz CT molecular complexity index is 561.